The molecule has 0 spiro atoms. The van der Waals surface area contributed by atoms with Crippen molar-refractivity contribution in [2.45, 2.75) is 25.7 Å². The fourth-order valence-electron chi connectivity index (χ4n) is 2.72. The van der Waals surface area contributed by atoms with Crippen molar-refractivity contribution in [3.8, 4) is 0 Å². The topological polar surface area (TPSA) is 94.4 Å². The lowest BCUT2D eigenvalue weighted by Crippen LogP contribution is -2.26. The third-order valence-corrected chi connectivity index (χ3v) is 4.42. The van der Waals surface area contributed by atoms with Crippen LogP contribution in [0.1, 0.15) is 25.7 Å². The second-order valence-electron chi connectivity index (χ2n) is 5.38. The number of halogens is 1. The van der Waals surface area contributed by atoms with Crippen LogP contribution in [0.3, 0.4) is 0 Å². The fourth-order valence-corrected chi connectivity index (χ4v) is 3.02. The molecule has 0 bridgehead atoms. The van der Waals surface area contributed by atoms with Crippen LogP contribution in [0.15, 0.2) is 16.7 Å². The van der Waals surface area contributed by atoms with Gasteiger partial charge >= 0.3 is 11.7 Å². The smallest absolute Gasteiger partial charge is 0.311 e. The molecule has 0 amide bonds. The number of carbonyl (C=O) groups is 1. The Morgan fingerprint density at radius 3 is 2.73 bits per heavy atom. The number of pyridine rings is 1. The third kappa shape index (κ3) is 4.16. The van der Waals surface area contributed by atoms with Gasteiger partial charge in [0.15, 0.2) is 0 Å². The Morgan fingerprint density at radius 1 is 1.45 bits per heavy atom. The Balaban J connectivity index is 1.91. The molecule has 1 saturated carbocycles. The van der Waals surface area contributed by atoms with Gasteiger partial charge in [0.1, 0.15) is 4.60 Å². The number of rotatable bonds is 5. The minimum Gasteiger partial charge on any atom is -0.469 e. The Bertz CT molecular complexity index is 559. The standard InChI is InChI=1S/C14H18BrN3O4/c1-22-14(19)10-4-2-9(3-5-10)8-16-13-11(18(20)21)6-7-12(15)17-13/h6-7,9-10H,2-5,8H2,1H3,(H,16,17). The van der Waals surface area contributed by atoms with Gasteiger partial charge in [0.05, 0.1) is 18.0 Å². The van der Waals surface area contributed by atoms with E-state index in [4.69, 9.17) is 4.74 Å². The van der Waals surface area contributed by atoms with Gasteiger partial charge in [-0.05, 0) is 53.6 Å². The molecular formula is C14H18BrN3O4. The van der Waals surface area contributed by atoms with E-state index in [1.165, 1.54) is 13.2 Å². The van der Waals surface area contributed by atoms with Crippen molar-refractivity contribution in [3.05, 3.63) is 26.9 Å². The van der Waals surface area contributed by atoms with Crippen LogP contribution in [0.5, 0.6) is 0 Å². The minimum absolute atomic E-state index is 0.0143. The predicted octanol–water partition coefficient (Wildman–Crippen LogP) is 3.14. The number of aromatic nitrogens is 1. The summed E-state index contributed by atoms with van der Waals surface area (Å²) in [6.07, 6.45) is 3.39. The quantitative estimate of drug-likeness (QED) is 0.369. The first-order chi connectivity index (χ1) is 10.5. The molecule has 120 valence electrons. The van der Waals surface area contributed by atoms with Crippen molar-refractivity contribution in [3.63, 3.8) is 0 Å². The lowest BCUT2D eigenvalue weighted by molar-refractivity contribution is -0.384. The van der Waals surface area contributed by atoms with Crippen LogP contribution >= 0.6 is 15.9 Å². The fraction of sp³-hybridized carbons (Fsp3) is 0.571. The molecule has 0 aliphatic heterocycles. The monoisotopic (exact) mass is 371 g/mol. The molecule has 0 unspecified atom stereocenters. The summed E-state index contributed by atoms with van der Waals surface area (Å²) in [5, 5.41) is 14.1. The maximum absolute atomic E-state index is 11.5. The van der Waals surface area contributed by atoms with Crippen molar-refractivity contribution in [1.82, 2.24) is 4.98 Å². The van der Waals surface area contributed by atoms with Crippen LogP contribution in [-0.4, -0.2) is 29.5 Å². The number of nitrogens with zero attached hydrogens (tertiary/aromatic N) is 2. The average Bonchev–Trinajstić information content (AvgIpc) is 2.52. The molecule has 22 heavy (non-hydrogen) atoms. The number of anilines is 1. The van der Waals surface area contributed by atoms with Crippen LogP contribution in [0.2, 0.25) is 0 Å². The summed E-state index contributed by atoms with van der Waals surface area (Å²) in [6.45, 7) is 0.609. The molecule has 1 aliphatic carbocycles. The van der Waals surface area contributed by atoms with Crippen molar-refractivity contribution >= 4 is 33.4 Å². The Hall–Kier alpha value is -1.70. The van der Waals surface area contributed by atoms with Crippen LogP contribution in [0, 0.1) is 22.0 Å². The van der Waals surface area contributed by atoms with Gasteiger partial charge in [0, 0.05) is 12.6 Å². The first-order valence-electron chi connectivity index (χ1n) is 7.14. The van der Waals surface area contributed by atoms with E-state index in [1.54, 1.807) is 6.07 Å². The number of hydrogen-bond acceptors (Lipinski definition) is 6. The van der Waals surface area contributed by atoms with Gasteiger partial charge in [-0.1, -0.05) is 0 Å². The molecule has 1 fully saturated rings. The number of hydrogen-bond donors (Lipinski definition) is 1. The summed E-state index contributed by atoms with van der Waals surface area (Å²) in [7, 11) is 1.41. The molecule has 1 aromatic heterocycles. The van der Waals surface area contributed by atoms with Crippen LogP contribution in [0.25, 0.3) is 0 Å². The molecule has 1 aliphatic rings. The molecule has 0 radical (unpaired) electrons. The van der Waals surface area contributed by atoms with Gasteiger partial charge in [-0.2, -0.15) is 0 Å². The van der Waals surface area contributed by atoms with E-state index in [2.05, 4.69) is 26.2 Å². The lowest BCUT2D eigenvalue weighted by atomic mass is 9.82. The highest BCUT2D eigenvalue weighted by Gasteiger charge is 2.27. The van der Waals surface area contributed by atoms with E-state index in [0.717, 1.165) is 25.7 Å². The number of methoxy groups -OCH3 is 1. The van der Waals surface area contributed by atoms with E-state index < -0.39 is 4.92 Å². The molecule has 0 saturated heterocycles. The van der Waals surface area contributed by atoms with Gasteiger partial charge in [-0.15, -0.1) is 0 Å². The highest BCUT2D eigenvalue weighted by molar-refractivity contribution is 9.10. The first-order valence-corrected chi connectivity index (χ1v) is 7.93. The van der Waals surface area contributed by atoms with Crippen LogP contribution < -0.4 is 5.32 Å². The maximum Gasteiger partial charge on any atom is 0.311 e. The summed E-state index contributed by atoms with van der Waals surface area (Å²) in [4.78, 5) is 26.2. The number of esters is 1. The molecule has 1 heterocycles. The summed E-state index contributed by atoms with van der Waals surface area (Å²) in [5.41, 5.74) is -0.0357. The molecule has 7 nitrogen and oxygen atoms in total. The normalized spacial score (nSPS) is 21.2. The molecule has 0 atom stereocenters. The predicted molar refractivity (Wildman–Crippen MR) is 84.5 cm³/mol. The molecule has 0 aromatic carbocycles. The molecule has 8 heteroatoms. The van der Waals surface area contributed by atoms with E-state index >= 15 is 0 Å². The van der Waals surface area contributed by atoms with Crippen molar-refractivity contribution < 1.29 is 14.5 Å². The van der Waals surface area contributed by atoms with Gasteiger partial charge in [0.2, 0.25) is 5.82 Å². The maximum atomic E-state index is 11.5. The zero-order chi connectivity index (χ0) is 16.1. The van der Waals surface area contributed by atoms with E-state index in [0.29, 0.717) is 17.1 Å². The number of ether oxygens (including phenoxy) is 1. The molecule has 2 rings (SSSR count). The Morgan fingerprint density at radius 2 is 2.14 bits per heavy atom. The average molecular weight is 372 g/mol. The SMILES string of the molecule is COC(=O)C1CCC(CNc2nc(Br)ccc2[N+](=O)[O-])CC1. The van der Waals surface area contributed by atoms with Gasteiger partial charge in [-0.3, -0.25) is 14.9 Å². The van der Waals surface area contributed by atoms with Crippen molar-refractivity contribution in [2.24, 2.45) is 11.8 Å². The third-order valence-electron chi connectivity index (χ3n) is 3.98. The van der Waals surface area contributed by atoms with Crippen molar-refractivity contribution in [1.29, 1.82) is 0 Å². The summed E-state index contributed by atoms with van der Waals surface area (Å²) in [6, 6.07) is 2.97. The molecule has 1 N–H and O–H groups in total. The second-order valence-corrected chi connectivity index (χ2v) is 6.19. The van der Waals surface area contributed by atoms with Crippen LogP contribution in [0.4, 0.5) is 11.5 Å². The zero-order valence-electron chi connectivity index (χ0n) is 12.3. The van der Waals surface area contributed by atoms with E-state index in [9.17, 15) is 14.9 Å². The molecular weight excluding hydrogens is 354 g/mol. The molecule has 1 aromatic rings. The Kier molecular flexibility index (Phi) is 5.70. The van der Waals surface area contributed by atoms with E-state index in [-0.39, 0.29) is 23.4 Å². The summed E-state index contributed by atoms with van der Waals surface area (Å²) >= 11 is 3.22. The second kappa shape index (κ2) is 7.53. The number of nitrogens with one attached hydrogen (secondary N) is 1. The van der Waals surface area contributed by atoms with Gasteiger partial charge in [-0.25, -0.2) is 4.98 Å². The summed E-state index contributed by atoms with van der Waals surface area (Å²) < 4.78 is 5.32. The van der Waals surface area contributed by atoms with Crippen LogP contribution in [-0.2, 0) is 9.53 Å². The van der Waals surface area contributed by atoms with E-state index in [1.807, 2.05) is 0 Å². The number of carbonyl (C=O) groups excluding carboxylic acids is 1. The Labute approximate surface area is 136 Å². The van der Waals surface area contributed by atoms with Crippen molar-refractivity contribution in [2.75, 3.05) is 19.0 Å². The largest absolute Gasteiger partial charge is 0.469 e. The minimum atomic E-state index is -0.448. The summed E-state index contributed by atoms with van der Waals surface area (Å²) in [5.74, 6) is 0.492. The highest BCUT2D eigenvalue weighted by atomic mass is 79.9. The lowest BCUT2D eigenvalue weighted by Gasteiger charge is -2.27. The highest BCUT2D eigenvalue weighted by Crippen LogP contribution is 2.31. The first kappa shape index (κ1) is 16.7. The van der Waals surface area contributed by atoms with Gasteiger partial charge < -0.3 is 10.1 Å². The number of nitro groups is 1. The zero-order valence-corrected chi connectivity index (χ0v) is 13.8. The van der Waals surface area contributed by atoms with Gasteiger partial charge in [0.25, 0.3) is 0 Å².